The molecule has 0 fully saturated rings. The number of hydrogen-bond acceptors (Lipinski definition) is 3. The van der Waals surface area contributed by atoms with Crippen molar-refractivity contribution in [1.82, 2.24) is 15.0 Å². The van der Waals surface area contributed by atoms with Gasteiger partial charge in [0.1, 0.15) is 0 Å². The van der Waals surface area contributed by atoms with Crippen LogP contribution in [0, 0.1) is 0 Å². The molecule has 2 aromatic heterocycles. The zero-order valence-electron chi connectivity index (χ0n) is 41.1. The molecule has 0 bridgehead atoms. The SMILES string of the molecule is [2H]c1c([2H])c([2H])c(-c2nc(-c3c([2H])c([2H])c([2H])c([2H])c3[2H])nc(-c3c([2H])c([2H])c([2H])c4c3[se]c3c(-c5ccc6ccc7c8ccccc8ccc7c6c5)c([2H])c([2H])c([2H])c34)n2)c([2H])c1[2H]. The van der Waals surface area contributed by atoms with Crippen molar-refractivity contribution >= 4 is 66.1 Å². The summed E-state index contributed by atoms with van der Waals surface area (Å²) >= 11 is -1.00. The first-order valence-corrected chi connectivity index (χ1v) is 16.8. The van der Waals surface area contributed by atoms with Gasteiger partial charge in [0.2, 0.25) is 0 Å². The van der Waals surface area contributed by atoms with E-state index in [0.29, 0.717) is 15.4 Å². The minimum atomic E-state index is -1.00. The predicted octanol–water partition coefficient (Wildman–Crippen LogP) is 11.4. The van der Waals surface area contributed by atoms with Crippen molar-refractivity contribution in [3.8, 4) is 45.3 Å². The molecule has 0 saturated carbocycles. The first kappa shape index (κ1) is 16.5. The van der Waals surface area contributed by atoms with Crippen molar-refractivity contribution in [2.45, 2.75) is 0 Å². The Morgan fingerprint density at radius 1 is 0.388 bits per heavy atom. The van der Waals surface area contributed by atoms with E-state index in [2.05, 4.69) is 21.0 Å². The van der Waals surface area contributed by atoms with Gasteiger partial charge < -0.3 is 0 Å². The Morgan fingerprint density at radius 2 is 0.939 bits per heavy atom. The molecule has 0 N–H and O–H groups in total. The van der Waals surface area contributed by atoms with E-state index in [4.69, 9.17) is 16.4 Å². The summed E-state index contributed by atoms with van der Waals surface area (Å²) in [6.07, 6.45) is 0. The molecule has 10 aromatic rings. The third kappa shape index (κ3) is 4.69. The van der Waals surface area contributed by atoms with Crippen molar-refractivity contribution < 1.29 is 21.9 Å². The molecule has 8 aromatic carbocycles. The van der Waals surface area contributed by atoms with Gasteiger partial charge in [-0.25, -0.2) is 0 Å². The second-order valence-electron chi connectivity index (χ2n) is 11.2. The van der Waals surface area contributed by atoms with Gasteiger partial charge in [-0.05, 0) is 0 Å². The number of aromatic nitrogens is 3. The van der Waals surface area contributed by atoms with E-state index in [9.17, 15) is 5.48 Å². The third-order valence-electron chi connectivity index (χ3n) is 8.45. The van der Waals surface area contributed by atoms with Crippen molar-refractivity contribution in [3.05, 3.63) is 163 Å². The van der Waals surface area contributed by atoms with E-state index in [-0.39, 0.29) is 32.7 Å². The van der Waals surface area contributed by atoms with Crippen molar-refractivity contribution in [2.24, 2.45) is 0 Å². The quantitative estimate of drug-likeness (QED) is 0.135. The molecule has 0 unspecified atom stereocenters. The number of rotatable bonds is 4. The fraction of sp³-hybridized carbons (Fsp3) is 0. The van der Waals surface area contributed by atoms with Crippen LogP contribution in [0.25, 0.3) is 96.9 Å². The zero-order valence-corrected chi connectivity index (χ0v) is 26.8. The monoisotopic (exact) mass is 705 g/mol. The van der Waals surface area contributed by atoms with Gasteiger partial charge in [-0.3, -0.25) is 0 Å². The van der Waals surface area contributed by atoms with Crippen LogP contribution in [0.15, 0.2) is 163 Å². The maximum absolute atomic E-state index is 9.30. The Kier molecular flexibility index (Phi) is 3.81. The van der Waals surface area contributed by atoms with Gasteiger partial charge in [-0.1, -0.05) is 0 Å². The third-order valence-corrected chi connectivity index (χ3v) is 11.0. The molecule has 49 heavy (non-hydrogen) atoms. The van der Waals surface area contributed by atoms with Crippen LogP contribution in [0.4, 0.5) is 0 Å². The van der Waals surface area contributed by atoms with Crippen LogP contribution < -0.4 is 0 Å². The topological polar surface area (TPSA) is 38.7 Å². The summed E-state index contributed by atoms with van der Waals surface area (Å²) in [5, 5.41) is 6.03. The standard InChI is InChI=1S/C45H27N3Se/c1-3-12-30(13-4-1)43-46-44(31-14-5-2-6-15-31)48-45(47-43)39-20-10-19-38-37-18-9-17-34(41(37)49-42(38)39)32-22-21-29-24-25-35-33-16-8-7-11-28(33)23-26-36(35)40(29)27-32/h1-27H/i1D,2D,3D,4D,5D,6D,9D,10D,12D,13D,14D,15D,17D,18D,19D,20D. The zero-order chi connectivity index (χ0) is 46.2. The van der Waals surface area contributed by atoms with E-state index in [1.165, 1.54) is 0 Å². The summed E-state index contributed by atoms with van der Waals surface area (Å²) in [7, 11) is 0. The molecule has 0 aliphatic heterocycles. The van der Waals surface area contributed by atoms with E-state index >= 15 is 0 Å². The maximum atomic E-state index is 9.30. The Labute approximate surface area is 311 Å². The van der Waals surface area contributed by atoms with Gasteiger partial charge in [0.05, 0.1) is 0 Å². The van der Waals surface area contributed by atoms with Gasteiger partial charge >= 0.3 is 312 Å². The molecule has 0 radical (unpaired) electrons. The van der Waals surface area contributed by atoms with E-state index in [1.807, 2.05) is 60.7 Å². The summed E-state index contributed by atoms with van der Waals surface area (Å²) in [5.41, 5.74) is -0.338. The average molecular weight is 705 g/mol. The van der Waals surface area contributed by atoms with Crippen LogP contribution in [0.1, 0.15) is 21.9 Å². The molecule has 3 nitrogen and oxygen atoms in total. The van der Waals surface area contributed by atoms with Crippen LogP contribution in [-0.2, 0) is 0 Å². The van der Waals surface area contributed by atoms with Crippen molar-refractivity contribution in [3.63, 3.8) is 0 Å². The molecule has 0 atom stereocenters. The van der Waals surface area contributed by atoms with Crippen molar-refractivity contribution in [2.75, 3.05) is 0 Å². The Bertz CT molecular complexity index is 3670. The molecule has 0 aliphatic carbocycles. The molecule has 0 saturated heterocycles. The predicted molar refractivity (Wildman–Crippen MR) is 206 cm³/mol. The second kappa shape index (κ2) is 11.3. The average Bonchev–Trinajstić information content (AvgIpc) is 3.69. The molecule has 0 amide bonds. The molecule has 228 valence electrons. The van der Waals surface area contributed by atoms with E-state index in [0.717, 1.165) is 32.3 Å². The first-order chi connectivity index (χ1) is 30.9. The summed E-state index contributed by atoms with van der Waals surface area (Å²) < 4.78 is 140. The fourth-order valence-electron chi connectivity index (χ4n) is 6.22. The van der Waals surface area contributed by atoms with Crippen molar-refractivity contribution in [1.29, 1.82) is 0 Å². The Morgan fingerprint density at radius 3 is 1.63 bits per heavy atom. The summed E-state index contributed by atoms with van der Waals surface area (Å²) in [5.74, 6) is -1.57. The summed E-state index contributed by atoms with van der Waals surface area (Å²) in [4.78, 5) is 13.4. The second-order valence-corrected chi connectivity index (χ2v) is 13.3. The number of benzene rings is 8. The minimum absolute atomic E-state index is 0.0302. The van der Waals surface area contributed by atoms with Gasteiger partial charge in [0, 0.05) is 0 Å². The number of fused-ring (bicyclic) bond motifs is 8. The van der Waals surface area contributed by atoms with Gasteiger partial charge in [0.25, 0.3) is 0 Å². The Hall–Kier alpha value is -5.93. The molecule has 2 heterocycles. The number of hydrogen-bond donors (Lipinski definition) is 0. The molecular weight excluding hydrogens is 661 g/mol. The van der Waals surface area contributed by atoms with Crippen LogP contribution >= 0.6 is 0 Å². The normalized spacial score (nSPS) is 16.2. The molecular formula is C45H27N3Se. The summed E-state index contributed by atoms with van der Waals surface area (Å²) in [6, 6.07) is 11.9. The van der Waals surface area contributed by atoms with Gasteiger partial charge in [-0.15, -0.1) is 0 Å². The van der Waals surface area contributed by atoms with Gasteiger partial charge in [-0.2, -0.15) is 0 Å². The van der Waals surface area contributed by atoms with Gasteiger partial charge in [0.15, 0.2) is 0 Å². The van der Waals surface area contributed by atoms with Crippen LogP contribution in [0.3, 0.4) is 0 Å². The van der Waals surface area contributed by atoms with E-state index in [1.54, 1.807) is 0 Å². The molecule has 4 heteroatoms. The molecule has 10 rings (SSSR count). The summed E-state index contributed by atoms with van der Waals surface area (Å²) in [6.45, 7) is 0. The van der Waals surface area contributed by atoms with E-state index < -0.39 is 128 Å². The van der Waals surface area contributed by atoms with Crippen LogP contribution in [0.2, 0.25) is 0 Å². The Balaban J connectivity index is 1.32. The number of nitrogens with zero attached hydrogens (tertiary/aromatic N) is 3. The van der Waals surface area contributed by atoms with Crippen LogP contribution in [-0.4, -0.2) is 29.5 Å². The molecule has 0 spiro atoms. The fourth-order valence-corrected chi connectivity index (χ4v) is 8.80. The molecule has 0 aliphatic rings. The first-order valence-electron chi connectivity index (χ1n) is 23.1. The van der Waals surface area contributed by atoms with Crippen LogP contribution in [0.5, 0.6) is 0 Å².